The number of fused-ring (bicyclic) bond motifs is 8. The first-order chi connectivity index (χ1) is 21.8. The van der Waals surface area contributed by atoms with Crippen LogP contribution in [0.2, 0.25) is 0 Å². The van der Waals surface area contributed by atoms with Gasteiger partial charge in [0, 0.05) is 38.3 Å². The monoisotopic (exact) mass is 559 g/mol. The average Bonchev–Trinajstić information content (AvgIpc) is 3.60. The van der Waals surface area contributed by atoms with Crippen LogP contribution in [-0.2, 0) is 0 Å². The Hall–Kier alpha value is -6.11. The van der Waals surface area contributed by atoms with Crippen LogP contribution in [0.5, 0.6) is 0 Å². The van der Waals surface area contributed by atoms with Crippen molar-refractivity contribution in [2.75, 3.05) is 0 Å². The second kappa shape index (κ2) is 9.46. The van der Waals surface area contributed by atoms with Gasteiger partial charge in [0.25, 0.3) is 0 Å². The van der Waals surface area contributed by atoms with Crippen LogP contribution in [-0.4, -0.2) is 9.13 Å². The van der Waals surface area contributed by atoms with Crippen LogP contribution in [0.25, 0.3) is 76.9 Å². The van der Waals surface area contributed by atoms with Gasteiger partial charge in [-0.3, -0.25) is 0 Å². The van der Waals surface area contributed by atoms with Crippen molar-refractivity contribution in [2.45, 2.75) is 0 Å². The molecule has 2 heterocycles. The molecular weight excluding hydrogens is 534 g/mol. The van der Waals surface area contributed by atoms with Gasteiger partial charge in [0.2, 0.25) is 0 Å². The topological polar surface area (TPSA) is 33.6 Å². The van der Waals surface area contributed by atoms with Gasteiger partial charge in [0.1, 0.15) is 0 Å². The fraction of sp³-hybridized carbons (Fsp3) is 0. The molecule has 7 aromatic carbocycles. The second-order valence-electron chi connectivity index (χ2n) is 11.3. The number of hydrogen-bond donors (Lipinski definition) is 0. The van der Waals surface area contributed by atoms with Gasteiger partial charge in [0.15, 0.2) is 0 Å². The molecular formula is C41H25N3. The molecule has 0 saturated heterocycles. The molecule has 204 valence electrons. The number of aromatic nitrogens is 2. The molecule has 9 aromatic rings. The molecule has 0 aliphatic heterocycles. The first-order valence-electron chi connectivity index (χ1n) is 14.8. The predicted octanol–water partition coefficient (Wildman–Crippen LogP) is 10.6. The molecule has 0 radical (unpaired) electrons. The minimum absolute atomic E-state index is 0.688. The SMILES string of the molecule is N#Cc1cc2c(c3ccccc13)c1cc(-c3ccc4c(c3)c3ccccc3n4-c3ccccc3)ccc1n2-c1ccccc1. The fourth-order valence-electron chi connectivity index (χ4n) is 7.02. The van der Waals surface area contributed by atoms with Gasteiger partial charge >= 0.3 is 0 Å². The van der Waals surface area contributed by atoms with Crippen molar-refractivity contribution in [3.8, 4) is 28.6 Å². The Kier molecular flexibility index (Phi) is 5.26. The van der Waals surface area contributed by atoms with Crippen LogP contribution in [0.1, 0.15) is 5.56 Å². The maximum Gasteiger partial charge on any atom is 0.0998 e. The van der Waals surface area contributed by atoms with Gasteiger partial charge in [-0.1, -0.05) is 91.0 Å². The minimum atomic E-state index is 0.688. The molecule has 0 fully saturated rings. The van der Waals surface area contributed by atoms with E-state index in [1.54, 1.807) is 0 Å². The van der Waals surface area contributed by atoms with Crippen LogP contribution in [0.15, 0.2) is 152 Å². The number of nitriles is 1. The standard InChI is InChI=1S/C41H25N3/c42-26-29-25-40-41(34-17-8-7-15-32(29)34)36-24-28(20-22-39(36)44(40)31-13-5-2-6-14-31)27-19-21-38-35(23-27)33-16-9-10-18-37(33)43(38)30-11-3-1-4-12-30/h1-25H. The average molecular weight is 560 g/mol. The van der Waals surface area contributed by atoms with E-state index in [1.165, 1.54) is 38.1 Å². The fourth-order valence-corrected chi connectivity index (χ4v) is 7.02. The van der Waals surface area contributed by atoms with Crippen LogP contribution in [0, 0.1) is 11.3 Å². The molecule has 0 aliphatic carbocycles. The number of benzene rings is 7. The van der Waals surface area contributed by atoms with E-state index < -0.39 is 0 Å². The summed E-state index contributed by atoms with van der Waals surface area (Å²) in [5, 5.41) is 17.0. The number of rotatable bonds is 3. The molecule has 3 nitrogen and oxygen atoms in total. The van der Waals surface area contributed by atoms with E-state index in [1.807, 2.05) is 12.1 Å². The highest BCUT2D eigenvalue weighted by atomic mass is 15.0. The van der Waals surface area contributed by atoms with E-state index in [0.717, 1.165) is 38.7 Å². The highest BCUT2D eigenvalue weighted by Crippen LogP contribution is 2.41. The zero-order chi connectivity index (χ0) is 29.2. The van der Waals surface area contributed by atoms with E-state index in [-0.39, 0.29) is 0 Å². The Balaban J connectivity index is 1.34. The first-order valence-corrected chi connectivity index (χ1v) is 14.8. The van der Waals surface area contributed by atoms with E-state index in [2.05, 4.69) is 155 Å². The molecule has 0 aliphatic rings. The lowest BCUT2D eigenvalue weighted by Crippen LogP contribution is -1.94. The van der Waals surface area contributed by atoms with Crippen molar-refractivity contribution < 1.29 is 0 Å². The maximum atomic E-state index is 10.1. The van der Waals surface area contributed by atoms with Gasteiger partial charge < -0.3 is 9.13 Å². The Labute approximate surface area is 254 Å². The highest BCUT2D eigenvalue weighted by Gasteiger charge is 2.19. The van der Waals surface area contributed by atoms with Gasteiger partial charge in [-0.05, 0) is 77.2 Å². The van der Waals surface area contributed by atoms with Crippen molar-refractivity contribution in [3.05, 3.63) is 157 Å². The summed E-state index contributed by atoms with van der Waals surface area (Å²) in [7, 11) is 0. The molecule has 9 rings (SSSR count). The van der Waals surface area contributed by atoms with E-state index in [4.69, 9.17) is 0 Å². The minimum Gasteiger partial charge on any atom is -0.309 e. The molecule has 0 amide bonds. The van der Waals surface area contributed by atoms with Gasteiger partial charge in [-0.25, -0.2) is 0 Å². The van der Waals surface area contributed by atoms with Crippen molar-refractivity contribution in [1.29, 1.82) is 5.26 Å². The Bertz CT molecular complexity index is 2600. The molecule has 0 unspecified atom stereocenters. The third kappa shape index (κ3) is 3.49. The molecule has 44 heavy (non-hydrogen) atoms. The quantitative estimate of drug-likeness (QED) is 0.212. The molecule has 2 aromatic heterocycles. The summed E-state index contributed by atoms with van der Waals surface area (Å²) in [6, 6.07) is 56.0. The van der Waals surface area contributed by atoms with Gasteiger partial charge in [-0.15, -0.1) is 0 Å². The Morgan fingerprint density at radius 1 is 0.386 bits per heavy atom. The maximum absolute atomic E-state index is 10.1. The smallest absolute Gasteiger partial charge is 0.0998 e. The van der Waals surface area contributed by atoms with E-state index in [9.17, 15) is 5.26 Å². The lowest BCUT2D eigenvalue weighted by molar-refractivity contribution is 1.18. The summed E-state index contributed by atoms with van der Waals surface area (Å²) in [6.07, 6.45) is 0. The summed E-state index contributed by atoms with van der Waals surface area (Å²) >= 11 is 0. The highest BCUT2D eigenvalue weighted by molar-refractivity contribution is 6.23. The summed E-state index contributed by atoms with van der Waals surface area (Å²) in [5.74, 6) is 0. The summed E-state index contributed by atoms with van der Waals surface area (Å²) < 4.78 is 4.64. The number of para-hydroxylation sites is 3. The molecule has 0 atom stereocenters. The zero-order valence-electron chi connectivity index (χ0n) is 23.8. The molecule has 0 spiro atoms. The van der Waals surface area contributed by atoms with Gasteiger partial charge in [0.05, 0.1) is 33.7 Å². The third-order valence-electron chi connectivity index (χ3n) is 8.93. The lowest BCUT2D eigenvalue weighted by atomic mass is 9.97. The van der Waals surface area contributed by atoms with Crippen LogP contribution < -0.4 is 0 Å². The molecule has 0 bridgehead atoms. The second-order valence-corrected chi connectivity index (χ2v) is 11.3. The van der Waals surface area contributed by atoms with Crippen LogP contribution in [0.4, 0.5) is 0 Å². The largest absolute Gasteiger partial charge is 0.309 e. The molecule has 0 N–H and O–H groups in total. The lowest BCUT2D eigenvalue weighted by Gasteiger charge is -2.09. The molecule has 3 heteroatoms. The van der Waals surface area contributed by atoms with E-state index in [0.29, 0.717) is 5.56 Å². The van der Waals surface area contributed by atoms with Gasteiger partial charge in [-0.2, -0.15) is 5.26 Å². The number of nitrogens with zero attached hydrogens (tertiary/aromatic N) is 3. The van der Waals surface area contributed by atoms with Crippen molar-refractivity contribution in [2.24, 2.45) is 0 Å². The van der Waals surface area contributed by atoms with Crippen molar-refractivity contribution in [1.82, 2.24) is 9.13 Å². The van der Waals surface area contributed by atoms with E-state index >= 15 is 0 Å². The first kappa shape index (κ1) is 24.5. The summed E-state index contributed by atoms with van der Waals surface area (Å²) in [5.41, 5.74) is 9.82. The van der Waals surface area contributed by atoms with Crippen molar-refractivity contribution >= 4 is 54.4 Å². The zero-order valence-corrected chi connectivity index (χ0v) is 23.8. The van der Waals surface area contributed by atoms with Crippen LogP contribution in [0.3, 0.4) is 0 Å². The van der Waals surface area contributed by atoms with Crippen LogP contribution >= 0.6 is 0 Å². The summed E-state index contributed by atoms with van der Waals surface area (Å²) in [6.45, 7) is 0. The summed E-state index contributed by atoms with van der Waals surface area (Å²) in [4.78, 5) is 0. The molecule has 0 saturated carbocycles. The third-order valence-corrected chi connectivity index (χ3v) is 8.93. The Morgan fingerprint density at radius 3 is 1.55 bits per heavy atom. The Morgan fingerprint density at radius 2 is 0.886 bits per heavy atom. The predicted molar refractivity (Wildman–Crippen MR) is 183 cm³/mol. The number of hydrogen-bond acceptors (Lipinski definition) is 1. The normalized spacial score (nSPS) is 11.6. The van der Waals surface area contributed by atoms with Crippen molar-refractivity contribution in [3.63, 3.8) is 0 Å².